The number of nitrogens with zero attached hydrogens (tertiary/aromatic N) is 1. The lowest BCUT2D eigenvalue weighted by Gasteiger charge is -2.17. The van der Waals surface area contributed by atoms with Gasteiger partial charge < -0.3 is 4.42 Å². The van der Waals surface area contributed by atoms with Crippen LogP contribution in [-0.2, 0) is 6.54 Å². The van der Waals surface area contributed by atoms with Crippen LogP contribution in [0.3, 0.4) is 0 Å². The molecule has 0 spiro atoms. The molecule has 1 rings (SSSR count). The van der Waals surface area contributed by atoms with Crippen molar-refractivity contribution in [2.75, 3.05) is 7.05 Å². The van der Waals surface area contributed by atoms with Crippen molar-refractivity contribution in [1.29, 1.82) is 0 Å². The Kier molecular flexibility index (Phi) is 3.02. The van der Waals surface area contributed by atoms with E-state index in [9.17, 15) is 13.2 Å². The lowest BCUT2D eigenvalue weighted by atomic mass is 10.4. The molecule has 74 valence electrons. The molecule has 0 amide bonds. The number of furan rings is 1. The maximum absolute atomic E-state index is 12.0. The van der Waals surface area contributed by atoms with E-state index in [-0.39, 0.29) is 17.2 Å². The Morgan fingerprint density at radius 1 is 1.46 bits per heavy atom. The van der Waals surface area contributed by atoms with E-state index in [1.807, 2.05) is 0 Å². The third-order valence-corrected chi connectivity index (χ3v) is 1.88. The highest BCUT2D eigenvalue weighted by Gasteiger charge is 2.34. The average molecular weight is 258 g/mol. The second-order valence-corrected chi connectivity index (χ2v) is 3.31. The standard InChI is InChI=1S/C7H7BrF3NO/c1-12(7(9,10)11)4-5-2-3-6(8)13-5/h2-3H,4H2,1H3. The Labute approximate surface area is 81.4 Å². The summed E-state index contributed by atoms with van der Waals surface area (Å²) in [6.45, 7) is -0.283. The van der Waals surface area contributed by atoms with Crippen molar-refractivity contribution in [2.24, 2.45) is 0 Å². The highest BCUT2D eigenvalue weighted by molar-refractivity contribution is 9.10. The van der Waals surface area contributed by atoms with Gasteiger partial charge in [0.25, 0.3) is 0 Å². The van der Waals surface area contributed by atoms with Gasteiger partial charge in [0.2, 0.25) is 0 Å². The minimum Gasteiger partial charge on any atom is -0.453 e. The Morgan fingerprint density at radius 2 is 2.08 bits per heavy atom. The molecule has 0 aliphatic heterocycles. The molecule has 0 unspecified atom stereocenters. The van der Waals surface area contributed by atoms with E-state index in [4.69, 9.17) is 4.42 Å². The smallest absolute Gasteiger partial charge is 0.453 e. The molecule has 0 aliphatic rings. The fraction of sp³-hybridized carbons (Fsp3) is 0.429. The molecule has 6 heteroatoms. The average Bonchev–Trinajstić information content (AvgIpc) is 2.33. The van der Waals surface area contributed by atoms with Crippen LogP contribution < -0.4 is 0 Å². The van der Waals surface area contributed by atoms with Crippen LogP contribution in [0.1, 0.15) is 5.76 Å². The van der Waals surface area contributed by atoms with Gasteiger partial charge in [0.05, 0.1) is 6.54 Å². The van der Waals surface area contributed by atoms with Crippen LogP contribution in [0.15, 0.2) is 21.2 Å². The predicted molar refractivity (Wildman–Crippen MR) is 43.9 cm³/mol. The van der Waals surface area contributed by atoms with Gasteiger partial charge in [-0.2, -0.15) is 13.2 Å². The van der Waals surface area contributed by atoms with E-state index < -0.39 is 6.30 Å². The van der Waals surface area contributed by atoms with Crippen molar-refractivity contribution in [3.8, 4) is 0 Å². The van der Waals surface area contributed by atoms with Gasteiger partial charge in [-0.3, -0.25) is 0 Å². The van der Waals surface area contributed by atoms with Gasteiger partial charge in [0.1, 0.15) is 5.76 Å². The van der Waals surface area contributed by atoms with Gasteiger partial charge >= 0.3 is 6.30 Å². The zero-order valence-electron chi connectivity index (χ0n) is 6.73. The number of hydrogen-bond donors (Lipinski definition) is 0. The van der Waals surface area contributed by atoms with Crippen LogP contribution in [0.5, 0.6) is 0 Å². The summed E-state index contributed by atoms with van der Waals surface area (Å²) < 4.78 is 41.4. The molecule has 1 aromatic heterocycles. The fourth-order valence-corrected chi connectivity index (χ4v) is 1.10. The SMILES string of the molecule is CN(Cc1ccc(Br)o1)C(F)(F)F. The first-order chi connectivity index (χ1) is 5.89. The second-order valence-electron chi connectivity index (χ2n) is 2.53. The molecule has 13 heavy (non-hydrogen) atoms. The number of hydrogen-bond acceptors (Lipinski definition) is 2. The van der Waals surface area contributed by atoms with Crippen molar-refractivity contribution >= 4 is 15.9 Å². The van der Waals surface area contributed by atoms with Crippen LogP contribution in [0, 0.1) is 0 Å². The monoisotopic (exact) mass is 257 g/mol. The summed E-state index contributed by atoms with van der Waals surface area (Å²) in [6, 6.07) is 3.05. The molecule has 0 atom stereocenters. The lowest BCUT2D eigenvalue weighted by molar-refractivity contribution is -0.241. The van der Waals surface area contributed by atoms with Gasteiger partial charge in [-0.05, 0) is 35.1 Å². The van der Waals surface area contributed by atoms with Crippen LogP contribution in [0.4, 0.5) is 13.2 Å². The fourth-order valence-electron chi connectivity index (χ4n) is 0.760. The Morgan fingerprint density at radius 3 is 2.46 bits per heavy atom. The number of rotatable bonds is 2. The van der Waals surface area contributed by atoms with E-state index in [1.54, 1.807) is 6.07 Å². The zero-order valence-corrected chi connectivity index (χ0v) is 8.32. The van der Waals surface area contributed by atoms with Crippen LogP contribution in [-0.4, -0.2) is 18.2 Å². The van der Waals surface area contributed by atoms with E-state index in [0.29, 0.717) is 4.67 Å². The maximum atomic E-state index is 12.0. The lowest BCUT2D eigenvalue weighted by Crippen LogP contribution is -2.33. The summed E-state index contributed by atoms with van der Waals surface area (Å²) in [5.41, 5.74) is 0. The topological polar surface area (TPSA) is 16.4 Å². The first kappa shape index (κ1) is 10.6. The van der Waals surface area contributed by atoms with Gasteiger partial charge in [0.15, 0.2) is 4.67 Å². The molecular formula is C7H7BrF3NO. The van der Waals surface area contributed by atoms with Crippen molar-refractivity contribution in [3.05, 3.63) is 22.6 Å². The van der Waals surface area contributed by atoms with Crippen molar-refractivity contribution in [2.45, 2.75) is 12.8 Å². The van der Waals surface area contributed by atoms with E-state index in [2.05, 4.69) is 15.9 Å². The normalized spacial score (nSPS) is 12.5. The van der Waals surface area contributed by atoms with Crippen LogP contribution in [0.2, 0.25) is 0 Å². The molecule has 1 heterocycles. The van der Waals surface area contributed by atoms with Crippen molar-refractivity contribution < 1.29 is 17.6 Å². The largest absolute Gasteiger partial charge is 0.460 e. The number of alkyl halides is 3. The third-order valence-electron chi connectivity index (χ3n) is 1.45. The van der Waals surface area contributed by atoms with E-state index in [1.165, 1.54) is 6.07 Å². The van der Waals surface area contributed by atoms with Gasteiger partial charge in [0, 0.05) is 0 Å². The summed E-state index contributed by atoms with van der Waals surface area (Å²) in [5.74, 6) is 0.270. The molecule has 0 radical (unpaired) electrons. The maximum Gasteiger partial charge on any atom is 0.460 e. The summed E-state index contributed by atoms with van der Waals surface area (Å²) in [5, 5.41) is 0. The van der Waals surface area contributed by atoms with Gasteiger partial charge in [-0.1, -0.05) is 0 Å². The first-order valence-corrected chi connectivity index (χ1v) is 4.21. The summed E-state index contributed by atoms with van der Waals surface area (Å²) in [4.78, 5) is 0.248. The molecular weight excluding hydrogens is 251 g/mol. The molecule has 0 saturated heterocycles. The molecule has 0 N–H and O–H groups in total. The molecule has 0 aliphatic carbocycles. The van der Waals surface area contributed by atoms with Crippen LogP contribution >= 0.6 is 15.9 Å². The molecule has 0 bridgehead atoms. The Bertz CT molecular complexity index is 284. The van der Waals surface area contributed by atoms with Gasteiger partial charge in [-0.25, -0.2) is 4.90 Å². The zero-order chi connectivity index (χ0) is 10.1. The summed E-state index contributed by atoms with van der Waals surface area (Å²) in [6.07, 6.45) is -4.32. The van der Waals surface area contributed by atoms with Crippen molar-refractivity contribution in [1.82, 2.24) is 4.90 Å². The highest BCUT2D eigenvalue weighted by Crippen LogP contribution is 2.23. The minimum atomic E-state index is -4.32. The molecule has 0 aromatic carbocycles. The quantitative estimate of drug-likeness (QED) is 0.758. The van der Waals surface area contributed by atoms with E-state index in [0.717, 1.165) is 7.05 Å². The van der Waals surface area contributed by atoms with Crippen molar-refractivity contribution in [3.63, 3.8) is 0 Å². The minimum absolute atomic E-state index is 0.248. The Balaban J connectivity index is 2.60. The second kappa shape index (κ2) is 3.71. The van der Waals surface area contributed by atoms with Crippen LogP contribution in [0.25, 0.3) is 0 Å². The highest BCUT2D eigenvalue weighted by atomic mass is 79.9. The molecule has 0 saturated carbocycles. The molecule has 2 nitrogen and oxygen atoms in total. The number of halogens is 4. The third kappa shape index (κ3) is 3.04. The molecule has 1 aromatic rings. The summed E-state index contributed by atoms with van der Waals surface area (Å²) >= 11 is 3.01. The predicted octanol–water partition coefficient (Wildman–Crippen LogP) is 2.99. The molecule has 0 fully saturated rings. The van der Waals surface area contributed by atoms with E-state index >= 15 is 0 Å². The first-order valence-electron chi connectivity index (χ1n) is 3.42. The van der Waals surface area contributed by atoms with Gasteiger partial charge in [-0.15, -0.1) is 0 Å². The Hall–Kier alpha value is -0.490. The summed E-state index contributed by atoms with van der Waals surface area (Å²) in [7, 11) is 0.969.